The summed E-state index contributed by atoms with van der Waals surface area (Å²) in [5.74, 6) is 0.895. The Morgan fingerprint density at radius 3 is 2.90 bits per heavy atom. The Bertz CT molecular complexity index is 1170. The number of nitrogens with zero attached hydrogens (tertiary/aromatic N) is 3. The molecule has 0 fully saturated rings. The molecule has 2 N–H and O–H groups in total. The molecule has 0 unspecified atom stereocenters. The van der Waals surface area contributed by atoms with Crippen LogP contribution in [0.2, 0.25) is 0 Å². The Morgan fingerprint density at radius 1 is 1.17 bits per heavy atom. The highest BCUT2D eigenvalue weighted by atomic mass is 32.2. The summed E-state index contributed by atoms with van der Waals surface area (Å²) in [5.41, 5.74) is 4.64. The van der Waals surface area contributed by atoms with Crippen molar-refractivity contribution in [1.82, 2.24) is 25.5 Å². The van der Waals surface area contributed by atoms with Gasteiger partial charge in [0.05, 0.1) is 12.9 Å². The number of amides is 1. The van der Waals surface area contributed by atoms with Crippen LogP contribution in [0.1, 0.15) is 18.1 Å². The highest BCUT2D eigenvalue weighted by Gasteiger charge is 2.11. The van der Waals surface area contributed by atoms with Crippen molar-refractivity contribution in [2.45, 2.75) is 25.0 Å². The normalized spacial score (nSPS) is 11.1. The lowest BCUT2D eigenvalue weighted by molar-refractivity contribution is -0.118. The predicted molar refractivity (Wildman–Crippen MR) is 114 cm³/mol. The summed E-state index contributed by atoms with van der Waals surface area (Å²) in [6.07, 6.45) is 0.961. The second kappa shape index (κ2) is 8.48. The quantitative estimate of drug-likeness (QED) is 0.456. The van der Waals surface area contributed by atoms with Crippen LogP contribution in [-0.4, -0.2) is 38.9 Å². The zero-order valence-electron chi connectivity index (χ0n) is 16.2. The molecule has 0 saturated heterocycles. The van der Waals surface area contributed by atoms with E-state index in [9.17, 15) is 4.79 Å². The van der Waals surface area contributed by atoms with Crippen LogP contribution >= 0.6 is 11.8 Å². The molecule has 2 heterocycles. The molecule has 0 atom stereocenters. The summed E-state index contributed by atoms with van der Waals surface area (Å²) < 4.78 is 5.19. The fourth-order valence-corrected chi connectivity index (χ4v) is 3.67. The molecule has 0 aliphatic rings. The summed E-state index contributed by atoms with van der Waals surface area (Å²) >= 11 is 1.26. The van der Waals surface area contributed by atoms with Gasteiger partial charge in [-0.3, -0.25) is 4.79 Å². The van der Waals surface area contributed by atoms with Gasteiger partial charge in [0.2, 0.25) is 11.1 Å². The fraction of sp³-hybridized carbons (Fsp3) is 0.238. The van der Waals surface area contributed by atoms with E-state index in [1.807, 2.05) is 30.3 Å². The number of benzene rings is 2. The first-order valence-corrected chi connectivity index (χ1v) is 10.3. The summed E-state index contributed by atoms with van der Waals surface area (Å²) in [7, 11) is 1.62. The molecule has 1 amide bonds. The molecule has 0 bridgehead atoms. The number of methoxy groups -OCH3 is 1. The van der Waals surface area contributed by atoms with Crippen LogP contribution in [0.5, 0.6) is 5.75 Å². The van der Waals surface area contributed by atoms with Crippen LogP contribution in [0.15, 0.2) is 47.6 Å². The maximum Gasteiger partial charge on any atom is 0.230 e. The number of carbonyl (C=O) groups is 1. The van der Waals surface area contributed by atoms with E-state index in [2.05, 4.69) is 44.5 Å². The molecule has 8 heteroatoms. The van der Waals surface area contributed by atoms with Crippen molar-refractivity contribution >= 4 is 39.7 Å². The van der Waals surface area contributed by atoms with Crippen LogP contribution < -0.4 is 10.1 Å². The first kappa shape index (κ1) is 19.2. The molecule has 2 aromatic heterocycles. The van der Waals surface area contributed by atoms with Crippen molar-refractivity contribution < 1.29 is 9.53 Å². The molecule has 4 aromatic rings. The monoisotopic (exact) mass is 407 g/mol. The van der Waals surface area contributed by atoms with E-state index in [-0.39, 0.29) is 11.7 Å². The molecule has 0 radical (unpaired) electrons. The average molecular weight is 407 g/mol. The van der Waals surface area contributed by atoms with Crippen molar-refractivity contribution in [2.24, 2.45) is 0 Å². The van der Waals surface area contributed by atoms with E-state index in [1.54, 1.807) is 7.11 Å². The number of fused-ring (bicyclic) bond motifs is 3. The van der Waals surface area contributed by atoms with Gasteiger partial charge in [0, 0.05) is 17.4 Å². The Kier molecular flexibility index (Phi) is 5.62. The smallest absolute Gasteiger partial charge is 0.230 e. The summed E-state index contributed by atoms with van der Waals surface area (Å²) in [6.45, 7) is 2.56. The molecule has 0 spiro atoms. The van der Waals surface area contributed by atoms with Gasteiger partial charge in [0.15, 0.2) is 5.65 Å². The SMILES string of the molecule is CCc1ccc2[nH]c3nc(SCC(=O)NCc4cccc(OC)c4)nnc3c2c1. The third-order valence-corrected chi connectivity index (χ3v) is 5.46. The third-order valence-electron chi connectivity index (χ3n) is 4.62. The number of thioether (sulfide) groups is 1. The van der Waals surface area contributed by atoms with E-state index in [0.717, 1.165) is 34.2 Å². The summed E-state index contributed by atoms with van der Waals surface area (Å²) in [6, 6.07) is 13.8. The number of aryl methyl sites for hydroxylation is 1. The Balaban J connectivity index is 1.40. The van der Waals surface area contributed by atoms with Crippen LogP contribution in [0.4, 0.5) is 0 Å². The minimum Gasteiger partial charge on any atom is -0.497 e. The number of rotatable bonds is 7. The van der Waals surface area contributed by atoms with Crippen molar-refractivity contribution in [3.05, 3.63) is 53.6 Å². The molecular weight excluding hydrogens is 386 g/mol. The highest BCUT2D eigenvalue weighted by molar-refractivity contribution is 7.99. The van der Waals surface area contributed by atoms with Gasteiger partial charge in [-0.2, -0.15) is 0 Å². The largest absolute Gasteiger partial charge is 0.497 e. The van der Waals surface area contributed by atoms with Crippen molar-refractivity contribution in [3.8, 4) is 5.75 Å². The van der Waals surface area contributed by atoms with Gasteiger partial charge in [0.25, 0.3) is 0 Å². The van der Waals surface area contributed by atoms with E-state index in [4.69, 9.17) is 4.74 Å². The molecule has 2 aromatic carbocycles. The van der Waals surface area contributed by atoms with E-state index in [0.29, 0.717) is 17.3 Å². The second-order valence-electron chi connectivity index (χ2n) is 6.57. The highest BCUT2D eigenvalue weighted by Crippen LogP contribution is 2.24. The van der Waals surface area contributed by atoms with Gasteiger partial charge in [0.1, 0.15) is 11.3 Å². The van der Waals surface area contributed by atoms with E-state index in [1.165, 1.54) is 17.3 Å². The second-order valence-corrected chi connectivity index (χ2v) is 7.51. The number of hydrogen-bond acceptors (Lipinski definition) is 6. The molecule has 4 rings (SSSR count). The summed E-state index contributed by atoms with van der Waals surface area (Å²) in [5, 5.41) is 12.9. The third kappa shape index (κ3) is 4.32. The lowest BCUT2D eigenvalue weighted by Crippen LogP contribution is -2.24. The molecule has 0 aliphatic heterocycles. The standard InChI is InChI=1S/C21H21N5O2S/c1-3-13-7-8-17-16(10-13)19-20(23-17)24-21(26-25-19)29-12-18(27)22-11-14-5-4-6-15(9-14)28-2/h4-10H,3,11-12H2,1-2H3,(H,22,27)(H,23,24,26). The Morgan fingerprint density at radius 2 is 2.07 bits per heavy atom. The molecular formula is C21H21N5O2S. The lowest BCUT2D eigenvalue weighted by atomic mass is 10.1. The average Bonchev–Trinajstić information content (AvgIpc) is 3.13. The van der Waals surface area contributed by atoms with Gasteiger partial charge < -0.3 is 15.0 Å². The van der Waals surface area contributed by atoms with Crippen molar-refractivity contribution in [1.29, 1.82) is 0 Å². The number of aromatic nitrogens is 4. The lowest BCUT2D eigenvalue weighted by Gasteiger charge is -2.06. The number of hydrogen-bond donors (Lipinski definition) is 2. The van der Waals surface area contributed by atoms with Crippen LogP contribution in [0.25, 0.3) is 22.1 Å². The van der Waals surface area contributed by atoms with Gasteiger partial charge in [-0.05, 0) is 41.8 Å². The van der Waals surface area contributed by atoms with Gasteiger partial charge >= 0.3 is 0 Å². The molecule has 0 aliphatic carbocycles. The van der Waals surface area contributed by atoms with Crippen molar-refractivity contribution in [2.75, 3.05) is 12.9 Å². The van der Waals surface area contributed by atoms with Crippen LogP contribution in [0.3, 0.4) is 0 Å². The van der Waals surface area contributed by atoms with Crippen LogP contribution in [0, 0.1) is 0 Å². The first-order valence-electron chi connectivity index (χ1n) is 9.33. The first-order chi connectivity index (χ1) is 14.2. The summed E-state index contributed by atoms with van der Waals surface area (Å²) in [4.78, 5) is 20.0. The molecule has 7 nitrogen and oxygen atoms in total. The van der Waals surface area contributed by atoms with Crippen LogP contribution in [-0.2, 0) is 17.8 Å². The predicted octanol–water partition coefficient (Wildman–Crippen LogP) is 3.49. The van der Waals surface area contributed by atoms with E-state index < -0.39 is 0 Å². The zero-order chi connectivity index (χ0) is 20.2. The fourth-order valence-electron chi connectivity index (χ4n) is 3.05. The number of carbonyl (C=O) groups excluding carboxylic acids is 1. The topological polar surface area (TPSA) is 92.8 Å². The zero-order valence-corrected chi connectivity index (χ0v) is 17.0. The number of H-pyrrole nitrogens is 1. The maximum absolute atomic E-state index is 12.2. The van der Waals surface area contributed by atoms with E-state index >= 15 is 0 Å². The van der Waals surface area contributed by atoms with Crippen molar-refractivity contribution in [3.63, 3.8) is 0 Å². The number of aromatic amines is 1. The molecule has 148 valence electrons. The van der Waals surface area contributed by atoms with Gasteiger partial charge in [-0.15, -0.1) is 10.2 Å². The Hall–Kier alpha value is -3.13. The van der Waals surface area contributed by atoms with Gasteiger partial charge in [-0.25, -0.2) is 4.98 Å². The maximum atomic E-state index is 12.2. The molecule has 29 heavy (non-hydrogen) atoms. The van der Waals surface area contributed by atoms with Gasteiger partial charge in [-0.1, -0.05) is 36.9 Å². The number of nitrogens with one attached hydrogen (secondary N) is 2. The minimum absolute atomic E-state index is 0.0919. The minimum atomic E-state index is -0.0919. The molecule has 0 saturated carbocycles. The number of ether oxygens (including phenoxy) is 1. The Labute approximate surface area is 172 Å².